The summed E-state index contributed by atoms with van der Waals surface area (Å²) in [5.41, 5.74) is -0.914. The molecule has 0 atom stereocenters. The molecule has 0 spiro atoms. The van der Waals surface area contributed by atoms with Gasteiger partial charge in [0.25, 0.3) is 0 Å². The Hall–Kier alpha value is -1.10. The number of rotatable bonds is 7. The van der Waals surface area contributed by atoms with Gasteiger partial charge in [-0.1, -0.05) is 6.58 Å². The molecule has 0 aromatic rings. The molecule has 0 aromatic heterocycles. The Kier molecular flexibility index (Phi) is 5.15. The molecule has 0 aromatic carbocycles. The molecule has 0 fully saturated rings. The Morgan fingerprint density at radius 3 is 2.64 bits per heavy atom. The van der Waals surface area contributed by atoms with Crippen molar-refractivity contribution in [2.24, 2.45) is 0 Å². The monoisotopic (exact) mass is 202 g/mol. The van der Waals surface area contributed by atoms with E-state index in [4.69, 9.17) is 4.74 Å². The van der Waals surface area contributed by atoms with Gasteiger partial charge in [-0.15, -0.1) is 0 Å². The molecule has 5 nitrogen and oxygen atoms in total. The molecule has 0 aliphatic heterocycles. The van der Waals surface area contributed by atoms with E-state index < -0.39 is 5.54 Å². The third-order valence-corrected chi connectivity index (χ3v) is 1.86. The summed E-state index contributed by atoms with van der Waals surface area (Å²) < 4.78 is 4.93. The third-order valence-electron chi connectivity index (χ3n) is 1.86. The summed E-state index contributed by atoms with van der Waals surface area (Å²) in [6, 6.07) is 0. The second kappa shape index (κ2) is 5.59. The first-order valence-electron chi connectivity index (χ1n) is 4.45. The lowest BCUT2D eigenvalue weighted by Gasteiger charge is -2.23. The summed E-state index contributed by atoms with van der Waals surface area (Å²) in [5, 5.41) is 10.6. The van der Waals surface area contributed by atoms with Crippen molar-refractivity contribution in [3.63, 3.8) is 0 Å². The molecule has 0 radical (unpaired) electrons. The van der Waals surface area contributed by atoms with Crippen LogP contribution in [0.3, 0.4) is 0 Å². The Morgan fingerprint density at radius 2 is 2.21 bits per heavy atom. The van der Waals surface area contributed by atoms with Crippen molar-refractivity contribution in [1.82, 2.24) is 4.90 Å². The first kappa shape index (κ1) is 12.9. The predicted molar refractivity (Wildman–Crippen MR) is 54.7 cm³/mol. The molecular formula is C9H18N2O3. The first-order chi connectivity index (χ1) is 6.40. The lowest BCUT2D eigenvalue weighted by Crippen LogP contribution is -2.43. The Labute approximate surface area is 84.5 Å². The summed E-state index contributed by atoms with van der Waals surface area (Å²) in [5.74, 6) is 0. The van der Waals surface area contributed by atoms with Gasteiger partial charge in [0, 0.05) is 25.3 Å². The van der Waals surface area contributed by atoms with E-state index in [1.807, 2.05) is 11.9 Å². The molecule has 14 heavy (non-hydrogen) atoms. The standard InChI is InChI=1S/C9H18N2O3/c1-5-14-7-6-10(4)8-9(2,3)11(12)13/h5H,1,6-8H2,2-4H3. The molecule has 0 aliphatic rings. The fraction of sp³-hybridized carbons (Fsp3) is 0.778. The van der Waals surface area contributed by atoms with Crippen molar-refractivity contribution in [1.29, 1.82) is 0 Å². The molecular weight excluding hydrogens is 184 g/mol. The summed E-state index contributed by atoms with van der Waals surface area (Å²) in [6.07, 6.45) is 1.37. The van der Waals surface area contributed by atoms with Crippen LogP contribution < -0.4 is 0 Å². The van der Waals surface area contributed by atoms with Crippen molar-refractivity contribution < 1.29 is 9.66 Å². The van der Waals surface area contributed by atoms with Crippen LogP contribution in [0.5, 0.6) is 0 Å². The lowest BCUT2D eigenvalue weighted by atomic mass is 10.1. The highest BCUT2D eigenvalue weighted by Gasteiger charge is 2.31. The van der Waals surface area contributed by atoms with Crippen LogP contribution in [0, 0.1) is 10.1 Å². The number of likely N-dealkylation sites (N-methyl/N-ethyl adjacent to an activating group) is 1. The highest BCUT2D eigenvalue weighted by atomic mass is 16.6. The average molecular weight is 202 g/mol. The second-order valence-corrected chi connectivity index (χ2v) is 3.84. The molecule has 5 heteroatoms. The highest BCUT2D eigenvalue weighted by molar-refractivity contribution is 4.71. The molecule has 0 rings (SSSR count). The maximum Gasteiger partial charge on any atom is 0.229 e. The molecule has 0 saturated carbocycles. The van der Waals surface area contributed by atoms with Crippen LogP contribution in [0.1, 0.15) is 13.8 Å². The number of nitro groups is 1. The molecule has 0 aliphatic carbocycles. The van der Waals surface area contributed by atoms with Gasteiger partial charge in [-0.2, -0.15) is 0 Å². The molecule has 82 valence electrons. The van der Waals surface area contributed by atoms with E-state index in [0.717, 1.165) is 0 Å². The van der Waals surface area contributed by atoms with Crippen LogP contribution in [-0.2, 0) is 4.74 Å². The van der Waals surface area contributed by atoms with Gasteiger partial charge in [0.15, 0.2) is 0 Å². The SMILES string of the molecule is C=COCCN(C)CC(C)(C)[N+](=O)[O-]. The van der Waals surface area contributed by atoms with E-state index >= 15 is 0 Å². The van der Waals surface area contributed by atoms with E-state index in [-0.39, 0.29) is 4.92 Å². The molecule has 0 heterocycles. The zero-order valence-corrected chi connectivity index (χ0v) is 9.02. The van der Waals surface area contributed by atoms with E-state index in [0.29, 0.717) is 19.7 Å². The van der Waals surface area contributed by atoms with Gasteiger partial charge in [-0.25, -0.2) is 0 Å². The minimum Gasteiger partial charge on any atom is -0.500 e. The summed E-state index contributed by atoms with van der Waals surface area (Å²) in [4.78, 5) is 12.2. The van der Waals surface area contributed by atoms with Crippen molar-refractivity contribution >= 4 is 0 Å². The normalized spacial score (nSPS) is 11.4. The molecule has 0 bridgehead atoms. The number of hydrogen-bond donors (Lipinski definition) is 0. The second-order valence-electron chi connectivity index (χ2n) is 3.84. The minimum absolute atomic E-state index is 0.266. The molecule has 0 saturated heterocycles. The predicted octanol–water partition coefficient (Wildman–Crippen LogP) is 1.13. The fourth-order valence-electron chi connectivity index (χ4n) is 1.09. The van der Waals surface area contributed by atoms with Gasteiger partial charge in [0.05, 0.1) is 19.4 Å². The topological polar surface area (TPSA) is 55.6 Å². The summed E-state index contributed by atoms with van der Waals surface area (Å²) >= 11 is 0. The largest absolute Gasteiger partial charge is 0.500 e. The zero-order chi connectivity index (χ0) is 11.2. The van der Waals surface area contributed by atoms with Gasteiger partial charge in [-0.05, 0) is 7.05 Å². The molecule has 0 unspecified atom stereocenters. The summed E-state index contributed by atoms with van der Waals surface area (Å²) in [6.45, 7) is 8.20. The highest BCUT2D eigenvalue weighted by Crippen LogP contribution is 2.08. The minimum atomic E-state index is -0.914. The maximum atomic E-state index is 10.6. The van der Waals surface area contributed by atoms with Crippen LogP contribution in [0.25, 0.3) is 0 Å². The van der Waals surface area contributed by atoms with Gasteiger partial charge in [-0.3, -0.25) is 15.0 Å². The molecule has 0 amide bonds. The van der Waals surface area contributed by atoms with Gasteiger partial charge in [0.2, 0.25) is 5.54 Å². The van der Waals surface area contributed by atoms with Crippen LogP contribution in [0.2, 0.25) is 0 Å². The maximum absolute atomic E-state index is 10.6. The van der Waals surface area contributed by atoms with Crippen molar-refractivity contribution in [3.8, 4) is 0 Å². The van der Waals surface area contributed by atoms with Crippen molar-refractivity contribution in [3.05, 3.63) is 23.0 Å². The van der Waals surface area contributed by atoms with Crippen LogP contribution in [0.4, 0.5) is 0 Å². The Balaban J connectivity index is 3.86. The third kappa shape index (κ3) is 4.81. The van der Waals surface area contributed by atoms with Crippen molar-refractivity contribution in [2.75, 3.05) is 26.7 Å². The van der Waals surface area contributed by atoms with Gasteiger partial charge >= 0.3 is 0 Å². The van der Waals surface area contributed by atoms with E-state index in [1.165, 1.54) is 6.26 Å². The number of hydrogen-bond acceptors (Lipinski definition) is 4. The van der Waals surface area contributed by atoms with Crippen LogP contribution in [0.15, 0.2) is 12.8 Å². The van der Waals surface area contributed by atoms with Gasteiger partial charge in [0.1, 0.15) is 0 Å². The van der Waals surface area contributed by atoms with E-state index in [9.17, 15) is 10.1 Å². The lowest BCUT2D eigenvalue weighted by molar-refractivity contribution is -0.560. The number of nitrogens with zero attached hydrogens (tertiary/aromatic N) is 2. The number of ether oxygens (including phenoxy) is 1. The fourth-order valence-corrected chi connectivity index (χ4v) is 1.09. The first-order valence-corrected chi connectivity index (χ1v) is 4.45. The smallest absolute Gasteiger partial charge is 0.229 e. The van der Waals surface area contributed by atoms with E-state index in [2.05, 4.69) is 6.58 Å². The van der Waals surface area contributed by atoms with Crippen molar-refractivity contribution in [2.45, 2.75) is 19.4 Å². The zero-order valence-electron chi connectivity index (χ0n) is 9.02. The van der Waals surface area contributed by atoms with E-state index in [1.54, 1.807) is 13.8 Å². The Bertz CT molecular complexity index is 204. The average Bonchev–Trinajstić information content (AvgIpc) is 2.03. The summed E-state index contributed by atoms with van der Waals surface area (Å²) in [7, 11) is 1.83. The molecule has 0 N–H and O–H groups in total. The van der Waals surface area contributed by atoms with Crippen LogP contribution >= 0.6 is 0 Å². The Morgan fingerprint density at radius 1 is 1.64 bits per heavy atom. The quantitative estimate of drug-likeness (QED) is 0.269. The van der Waals surface area contributed by atoms with Gasteiger partial charge < -0.3 is 4.74 Å². The van der Waals surface area contributed by atoms with Crippen LogP contribution in [-0.4, -0.2) is 42.1 Å².